The van der Waals surface area contributed by atoms with E-state index < -0.39 is 0 Å². The normalized spacial score (nSPS) is 21.0. The number of rotatable bonds is 1. The predicted molar refractivity (Wildman–Crippen MR) is 81.0 cm³/mol. The maximum atomic E-state index is 12.5. The van der Waals surface area contributed by atoms with Gasteiger partial charge in [-0.15, -0.1) is 0 Å². The monoisotopic (exact) mass is 280 g/mol. The molecule has 1 aliphatic carbocycles. The third kappa shape index (κ3) is 2.03. The predicted octanol–water partition coefficient (Wildman–Crippen LogP) is 3.87. The van der Waals surface area contributed by atoms with Gasteiger partial charge in [0.1, 0.15) is 11.8 Å². The maximum Gasteiger partial charge on any atom is 0.163 e. The second kappa shape index (κ2) is 4.81. The quantitative estimate of drug-likeness (QED) is 0.832. The highest BCUT2D eigenvalue weighted by atomic mass is 16.3. The Morgan fingerprint density at radius 1 is 1.05 bits per heavy atom. The van der Waals surface area contributed by atoms with Crippen LogP contribution in [0.25, 0.3) is 0 Å². The van der Waals surface area contributed by atoms with Gasteiger partial charge in [-0.3, -0.25) is 4.79 Å². The maximum absolute atomic E-state index is 12.5. The number of furan rings is 1. The molecule has 1 aromatic heterocycles. The smallest absolute Gasteiger partial charge is 0.163 e. The third-order valence-electron chi connectivity index (χ3n) is 4.08. The van der Waals surface area contributed by atoms with Gasteiger partial charge < -0.3 is 15.1 Å². The molecule has 2 N–H and O–H groups in total. The van der Waals surface area contributed by atoms with E-state index in [-0.39, 0.29) is 11.8 Å². The Morgan fingerprint density at radius 3 is 2.71 bits per heavy atom. The molecule has 1 aliphatic heterocycles. The van der Waals surface area contributed by atoms with E-state index >= 15 is 0 Å². The minimum absolute atomic E-state index is 0.199. The molecule has 0 saturated heterocycles. The largest absolute Gasteiger partial charge is 0.467 e. The summed E-state index contributed by atoms with van der Waals surface area (Å²) in [6.45, 7) is 0. The number of para-hydroxylation sites is 2. The van der Waals surface area contributed by atoms with E-state index in [1.54, 1.807) is 6.26 Å². The Hall–Kier alpha value is -2.49. The molecule has 106 valence electrons. The number of nitrogens with one attached hydrogen (secondary N) is 2. The van der Waals surface area contributed by atoms with E-state index in [9.17, 15) is 4.79 Å². The molecule has 4 rings (SSSR count). The number of Topliss-reactive ketones (excluding diaryl/α,β-unsaturated/α-hetero) is 1. The van der Waals surface area contributed by atoms with E-state index in [1.807, 2.05) is 36.4 Å². The van der Waals surface area contributed by atoms with Crippen LogP contribution in [0.5, 0.6) is 0 Å². The standard InChI is InChI=1S/C17H16N2O2/c20-14-8-3-7-13-16(14)17(15-9-4-10-21-15)19-12-6-2-1-5-11(12)18-13/h1-2,4-6,9-10,17-19H,3,7-8H2/t17-/m1/s1. The van der Waals surface area contributed by atoms with Gasteiger partial charge in [0.2, 0.25) is 0 Å². The number of anilines is 2. The minimum Gasteiger partial charge on any atom is -0.467 e. The van der Waals surface area contributed by atoms with Crippen LogP contribution < -0.4 is 10.6 Å². The zero-order chi connectivity index (χ0) is 14.2. The summed E-state index contributed by atoms with van der Waals surface area (Å²) >= 11 is 0. The summed E-state index contributed by atoms with van der Waals surface area (Å²) in [5.74, 6) is 0.974. The molecule has 4 heteroatoms. The summed E-state index contributed by atoms with van der Waals surface area (Å²) in [7, 11) is 0. The highest BCUT2D eigenvalue weighted by Gasteiger charge is 2.33. The summed E-state index contributed by atoms with van der Waals surface area (Å²) in [5.41, 5.74) is 3.83. The van der Waals surface area contributed by atoms with Crippen molar-refractivity contribution in [2.24, 2.45) is 0 Å². The van der Waals surface area contributed by atoms with Gasteiger partial charge in [0.15, 0.2) is 5.78 Å². The van der Waals surface area contributed by atoms with Crippen molar-refractivity contribution >= 4 is 17.2 Å². The molecule has 0 radical (unpaired) electrons. The van der Waals surface area contributed by atoms with Crippen LogP contribution in [-0.4, -0.2) is 5.78 Å². The Kier molecular flexibility index (Phi) is 2.81. The Balaban J connectivity index is 1.88. The number of fused-ring (bicyclic) bond motifs is 1. The molecular weight excluding hydrogens is 264 g/mol. The Morgan fingerprint density at radius 2 is 1.90 bits per heavy atom. The zero-order valence-electron chi connectivity index (χ0n) is 11.6. The van der Waals surface area contributed by atoms with Crippen molar-refractivity contribution in [1.82, 2.24) is 0 Å². The summed E-state index contributed by atoms with van der Waals surface area (Å²) in [4.78, 5) is 12.5. The molecule has 2 heterocycles. The van der Waals surface area contributed by atoms with Gasteiger partial charge in [-0.25, -0.2) is 0 Å². The number of ketones is 1. The SMILES string of the molecule is O=C1CCCC2=C1[C@@H](c1ccco1)Nc1ccccc1N2. The van der Waals surface area contributed by atoms with Gasteiger partial charge in [-0.05, 0) is 37.1 Å². The Labute approximate surface area is 122 Å². The Bertz CT molecular complexity index is 716. The summed E-state index contributed by atoms with van der Waals surface area (Å²) in [5, 5.41) is 6.89. The topological polar surface area (TPSA) is 54.3 Å². The zero-order valence-corrected chi connectivity index (χ0v) is 11.6. The third-order valence-corrected chi connectivity index (χ3v) is 4.08. The molecule has 0 unspecified atom stereocenters. The highest BCUT2D eigenvalue weighted by Crippen LogP contribution is 2.40. The first-order valence-electron chi connectivity index (χ1n) is 7.25. The molecule has 0 amide bonds. The van der Waals surface area contributed by atoms with E-state index in [0.717, 1.165) is 41.2 Å². The van der Waals surface area contributed by atoms with Gasteiger partial charge in [0.25, 0.3) is 0 Å². The molecule has 1 atom stereocenters. The minimum atomic E-state index is -0.223. The van der Waals surface area contributed by atoms with Crippen molar-refractivity contribution in [2.75, 3.05) is 10.6 Å². The number of carbonyl (C=O) groups excluding carboxylic acids is 1. The second-order valence-corrected chi connectivity index (χ2v) is 5.43. The van der Waals surface area contributed by atoms with Crippen LogP contribution in [0.15, 0.2) is 58.3 Å². The molecule has 21 heavy (non-hydrogen) atoms. The molecule has 2 aliphatic rings. The van der Waals surface area contributed by atoms with Crippen molar-refractivity contribution in [1.29, 1.82) is 0 Å². The van der Waals surface area contributed by atoms with Crippen LogP contribution in [0, 0.1) is 0 Å². The number of benzene rings is 1. The number of hydrogen-bond donors (Lipinski definition) is 2. The molecule has 4 nitrogen and oxygen atoms in total. The van der Waals surface area contributed by atoms with Gasteiger partial charge >= 0.3 is 0 Å². The number of hydrogen-bond acceptors (Lipinski definition) is 4. The van der Waals surface area contributed by atoms with Crippen LogP contribution in [0.4, 0.5) is 11.4 Å². The van der Waals surface area contributed by atoms with Crippen LogP contribution in [-0.2, 0) is 4.79 Å². The number of allylic oxidation sites excluding steroid dienone is 1. The van der Waals surface area contributed by atoms with Gasteiger partial charge in [0, 0.05) is 17.7 Å². The van der Waals surface area contributed by atoms with E-state index in [4.69, 9.17) is 4.42 Å². The average molecular weight is 280 g/mol. The lowest BCUT2D eigenvalue weighted by Crippen LogP contribution is -2.23. The fourth-order valence-corrected chi connectivity index (χ4v) is 3.11. The van der Waals surface area contributed by atoms with Crippen molar-refractivity contribution in [3.63, 3.8) is 0 Å². The van der Waals surface area contributed by atoms with Crippen molar-refractivity contribution in [3.05, 3.63) is 59.7 Å². The summed E-state index contributed by atoms with van der Waals surface area (Å²) in [6.07, 6.45) is 4.05. The molecular formula is C17H16N2O2. The first kappa shape index (κ1) is 12.3. The van der Waals surface area contributed by atoms with Crippen LogP contribution in [0.1, 0.15) is 31.1 Å². The van der Waals surface area contributed by atoms with Crippen molar-refractivity contribution in [2.45, 2.75) is 25.3 Å². The fraction of sp³-hybridized carbons (Fsp3) is 0.235. The summed E-state index contributed by atoms with van der Waals surface area (Å²) in [6, 6.07) is 11.6. The van der Waals surface area contributed by atoms with Crippen LogP contribution >= 0.6 is 0 Å². The fourth-order valence-electron chi connectivity index (χ4n) is 3.11. The van der Waals surface area contributed by atoms with E-state index in [0.29, 0.717) is 6.42 Å². The molecule has 2 aromatic rings. The van der Waals surface area contributed by atoms with Gasteiger partial charge in [0.05, 0.1) is 17.6 Å². The van der Waals surface area contributed by atoms with Crippen molar-refractivity contribution < 1.29 is 9.21 Å². The van der Waals surface area contributed by atoms with E-state index in [1.165, 1.54) is 0 Å². The average Bonchev–Trinajstić information content (AvgIpc) is 2.96. The van der Waals surface area contributed by atoms with Crippen molar-refractivity contribution in [3.8, 4) is 0 Å². The van der Waals surface area contributed by atoms with Gasteiger partial charge in [-0.2, -0.15) is 0 Å². The lowest BCUT2D eigenvalue weighted by molar-refractivity contribution is -0.116. The lowest BCUT2D eigenvalue weighted by atomic mass is 9.89. The lowest BCUT2D eigenvalue weighted by Gasteiger charge is -2.23. The van der Waals surface area contributed by atoms with Crippen LogP contribution in [0.3, 0.4) is 0 Å². The number of carbonyl (C=O) groups is 1. The van der Waals surface area contributed by atoms with Gasteiger partial charge in [-0.1, -0.05) is 12.1 Å². The first-order valence-corrected chi connectivity index (χ1v) is 7.25. The molecule has 0 fully saturated rings. The summed E-state index contributed by atoms with van der Waals surface area (Å²) < 4.78 is 5.56. The molecule has 0 bridgehead atoms. The molecule has 1 aromatic carbocycles. The molecule has 0 spiro atoms. The molecule has 0 saturated carbocycles. The van der Waals surface area contributed by atoms with E-state index in [2.05, 4.69) is 10.6 Å². The second-order valence-electron chi connectivity index (χ2n) is 5.43. The first-order chi connectivity index (χ1) is 10.3. The van der Waals surface area contributed by atoms with Crippen LogP contribution in [0.2, 0.25) is 0 Å². The highest BCUT2D eigenvalue weighted by molar-refractivity contribution is 6.00.